The summed E-state index contributed by atoms with van der Waals surface area (Å²) in [6, 6.07) is 6.56. The van der Waals surface area contributed by atoms with Crippen molar-refractivity contribution in [2.45, 2.75) is 64.0 Å². The second kappa shape index (κ2) is 9.96. The predicted molar refractivity (Wildman–Crippen MR) is 140 cm³/mol. The number of hydrogen-bond donors (Lipinski definition) is 2. The van der Waals surface area contributed by atoms with Gasteiger partial charge in [0.1, 0.15) is 5.60 Å². The number of aromatic nitrogens is 2. The molecule has 1 aromatic heterocycles. The van der Waals surface area contributed by atoms with Crippen LogP contribution in [0, 0.1) is 5.92 Å². The molecule has 0 spiro atoms. The number of piperazine rings is 1. The number of alkyl carbamates (subject to hydrolysis) is 1. The average molecular weight is 511 g/mol. The number of rotatable bonds is 5. The van der Waals surface area contributed by atoms with E-state index in [0.29, 0.717) is 18.8 Å². The Kier molecular flexibility index (Phi) is 6.87. The number of fused-ring (bicyclic) bond motifs is 1. The third-order valence-corrected chi connectivity index (χ3v) is 7.64. The monoisotopic (exact) mass is 510 g/mol. The fourth-order valence-corrected chi connectivity index (χ4v) is 5.71. The van der Waals surface area contributed by atoms with Gasteiger partial charge in [0, 0.05) is 63.3 Å². The fourth-order valence-electron chi connectivity index (χ4n) is 5.71. The lowest BCUT2D eigenvalue weighted by Crippen LogP contribution is -2.52. The summed E-state index contributed by atoms with van der Waals surface area (Å²) in [5, 5.41) is 11.1. The molecule has 200 valence electrons. The SMILES string of the molecule is Cn1nc(C2CCC(=O)NC2=O)c2ccc(N3CCN(CC4CC(NC(=O)OC(C)(C)C)C4)CC3)cc21. The van der Waals surface area contributed by atoms with E-state index < -0.39 is 5.60 Å². The molecule has 1 aliphatic carbocycles. The van der Waals surface area contributed by atoms with E-state index in [1.165, 1.54) is 0 Å². The standard InChI is InChI=1S/C27H38N6O4/c1-27(2,3)37-26(36)28-18-13-17(14-18)16-32-9-11-33(12-10-32)19-5-6-20-22(15-19)31(4)30-24(20)21-7-8-23(34)29-25(21)35/h5-6,15,17-18,21H,7-14,16H2,1-4H3,(H,28,36)(H,29,34,35). The van der Waals surface area contributed by atoms with Crippen LogP contribution in [0.1, 0.15) is 58.1 Å². The van der Waals surface area contributed by atoms with Crippen molar-refractivity contribution in [3.63, 3.8) is 0 Å². The molecule has 3 aliphatic rings. The van der Waals surface area contributed by atoms with Crippen LogP contribution in [0.2, 0.25) is 0 Å². The van der Waals surface area contributed by atoms with Gasteiger partial charge in [-0.15, -0.1) is 0 Å². The van der Waals surface area contributed by atoms with Crippen molar-refractivity contribution in [3.8, 4) is 0 Å². The molecule has 1 atom stereocenters. The van der Waals surface area contributed by atoms with Gasteiger partial charge in [-0.1, -0.05) is 0 Å². The largest absolute Gasteiger partial charge is 0.444 e. The molecule has 2 aliphatic heterocycles. The summed E-state index contributed by atoms with van der Waals surface area (Å²) in [5.74, 6) is -0.239. The van der Waals surface area contributed by atoms with Gasteiger partial charge in [-0.05, 0) is 64.2 Å². The van der Waals surface area contributed by atoms with Crippen molar-refractivity contribution >= 4 is 34.5 Å². The number of carbonyl (C=O) groups excluding carboxylic acids is 3. The highest BCUT2D eigenvalue weighted by Crippen LogP contribution is 2.33. The molecule has 1 saturated carbocycles. The molecule has 2 saturated heterocycles. The summed E-state index contributed by atoms with van der Waals surface area (Å²) >= 11 is 0. The minimum absolute atomic E-state index is 0.211. The number of ether oxygens (including phenoxy) is 1. The van der Waals surface area contributed by atoms with Gasteiger partial charge in [0.05, 0.1) is 17.1 Å². The van der Waals surface area contributed by atoms with Crippen LogP contribution in [0.25, 0.3) is 10.9 Å². The number of piperidine rings is 1. The number of imide groups is 1. The Bertz CT molecular complexity index is 1190. The zero-order chi connectivity index (χ0) is 26.3. The summed E-state index contributed by atoms with van der Waals surface area (Å²) in [6.07, 6.45) is 2.54. The van der Waals surface area contributed by atoms with Crippen LogP contribution in [-0.4, -0.2) is 77.0 Å². The third kappa shape index (κ3) is 5.74. The molecule has 3 fully saturated rings. The normalized spacial score (nSPS) is 25.1. The number of nitrogens with zero attached hydrogens (tertiary/aromatic N) is 4. The van der Waals surface area contributed by atoms with E-state index in [4.69, 9.17) is 4.74 Å². The highest BCUT2D eigenvalue weighted by molar-refractivity contribution is 6.02. The average Bonchev–Trinajstić information content (AvgIpc) is 3.12. The lowest BCUT2D eigenvalue weighted by molar-refractivity contribution is -0.134. The van der Waals surface area contributed by atoms with Crippen molar-refractivity contribution in [3.05, 3.63) is 23.9 Å². The Morgan fingerprint density at radius 2 is 1.89 bits per heavy atom. The summed E-state index contributed by atoms with van der Waals surface area (Å²) in [5.41, 5.74) is 2.44. The number of benzene rings is 1. The van der Waals surface area contributed by atoms with Gasteiger partial charge in [0.2, 0.25) is 11.8 Å². The fraction of sp³-hybridized carbons (Fsp3) is 0.630. The molecule has 0 bridgehead atoms. The van der Waals surface area contributed by atoms with Crippen LogP contribution in [-0.2, 0) is 21.4 Å². The number of carbonyl (C=O) groups is 3. The molecule has 3 amide bonds. The van der Waals surface area contributed by atoms with Gasteiger partial charge < -0.3 is 15.0 Å². The van der Waals surface area contributed by atoms with Crippen LogP contribution in [0.3, 0.4) is 0 Å². The van der Waals surface area contributed by atoms with E-state index in [-0.39, 0.29) is 29.9 Å². The van der Waals surface area contributed by atoms with Crippen molar-refractivity contribution in [2.75, 3.05) is 37.6 Å². The van der Waals surface area contributed by atoms with E-state index in [0.717, 1.165) is 67.8 Å². The third-order valence-electron chi connectivity index (χ3n) is 7.64. The van der Waals surface area contributed by atoms with E-state index in [1.807, 2.05) is 32.5 Å². The maximum absolute atomic E-state index is 12.4. The molecule has 37 heavy (non-hydrogen) atoms. The Labute approximate surface area is 217 Å². The Balaban J connectivity index is 1.13. The molecule has 1 aromatic carbocycles. The van der Waals surface area contributed by atoms with E-state index >= 15 is 0 Å². The molecule has 2 N–H and O–H groups in total. The second-order valence-corrected chi connectivity index (χ2v) is 11.7. The Hall–Kier alpha value is -3.14. The minimum Gasteiger partial charge on any atom is -0.444 e. The maximum atomic E-state index is 12.4. The first-order valence-corrected chi connectivity index (χ1v) is 13.3. The Morgan fingerprint density at radius 1 is 1.16 bits per heavy atom. The number of anilines is 1. The molecular weight excluding hydrogens is 472 g/mol. The van der Waals surface area contributed by atoms with Gasteiger partial charge in [-0.2, -0.15) is 5.10 Å². The molecule has 2 aromatic rings. The highest BCUT2D eigenvalue weighted by atomic mass is 16.6. The summed E-state index contributed by atoms with van der Waals surface area (Å²) in [7, 11) is 1.91. The van der Waals surface area contributed by atoms with Crippen LogP contribution in [0.5, 0.6) is 0 Å². The van der Waals surface area contributed by atoms with Gasteiger partial charge in [-0.3, -0.25) is 24.5 Å². The van der Waals surface area contributed by atoms with Crippen molar-refractivity contribution in [1.29, 1.82) is 0 Å². The first kappa shape index (κ1) is 25.5. The maximum Gasteiger partial charge on any atom is 0.407 e. The van der Waals surface area contributed by atoms with Crippen LogP contribution in [0.4, 0.5) is 10.5 Å². The number of hydrogen-bond acceptors (Lipinski definition) is 7. The predicted octanol–water partition coefficient (Wildman–Crippen LogP) is 2.52. The van der Waals surface area contributed by atoms with Gasteiger partial charge in [-0.25, -0.2) is 4.79 Å². The molecule has 0 radical (unpaired) electrons. The molecule has 5 rings (SSSR count). The first-order chi connectivity index (χ1) is 17.6. The van der Waals surface area contributed by atoms with E-state index in [2.05, 4.69) is 43.7 Å². The highest BCUT2D eigenvalue weighted by Gasteiger charge is 2.34. The van der Waals surface area contributed by atoms with Gasteiger partial charge >= 0.3 is 6.09 Å². The quantitative estimate of drug-likeness (QED) is 0.595. The van der Waals surface area contributed by atoms with E-state index in [9.17, 15) is 14.4 Å². The molecule has 10 nitrogen and oxygen atoms in total. The second-order valence-electron chi connectivity index (χ2n) is 11.7. The zero-order valence-electron chi connectivity index (χ0n) is 22.2. The summed E-state index contributed by atoms with van der Waals surface area (Å²) in [4.78, 5) is 40.8. The van der Waals surface area contributed by atoms with Crippen LogP contribution < -0.4 is 15.5 Å². The lowest BCUT2D eigenvalue weighted by Gasteiger charge is -2.42. The minimum atomic E-state index is -0.468. The number of amides is 3. The van der Waals surface area contributed by atoms with Gasteiger partial charge in [0.25, 0.3) is 0 Å². The molecule has 3 heterocycles. The smallest absolute Gasteiger partial charge is 0.407 e. The lowest BCUT2D eigenvalue weighted by atomic mass is 9.80. The topological polar surface area (TPSA) is 109 Å². The van der Waals surface area contributed by atoms with E-state index in [1.54, 1.807) is 0 Å². The molecular formula is C27H38N6O4. The first-order valence-electron chi connectivity index (χ1n) is 13.3. The number of nitrogens with one attached hydrogen (secondary N) is 2. The van der Waals surface area contributed by atoms with Crippen LogP contribution in [0.15, 0.2) is 18.2 Å². The Morgan fingerprint density at radius 3 is 2.57 bits per heavy atom. The summed E-state index contributed by atoms with van der Waals surface area (Å²) in [6.45, 7) is 10.6. The van der Waals surface area contributed by atoms with Crippen molar-refractivity contribution in [1.82, 2.24) is 25.3 Å². The molecule has 10 heteroatoms. The van der Waals surface area contributed by atoms with Crippen LogP contribution >= 0.6 is 0 Å². The summed E-state index contributed by atoms with van der Waals surface area (Å²) < 4.78 is 7.20. The van der Waals surface area contributed by atoms with Crippen molar-refractivity contribution < 1.29 is 19.1 Å². The zero-order valence-corrected chi connectivity index (χ0v) is 22.2. The number of aryl methyl sites for hydroxylation is 1. The van der Waals surface area contributed by atoms with Crippen molar-refractivity contribution in [2.24, 2.45) is 13.0 Å². The molecule has 1 unspecified atom stereocenters. The van der Waals surface area contributed by atoms with Gasteiger partial charge in [0.15, 0.2) is 0 Å².